The zero-order valence-electron chi connectivity index (χ0n) is 11.2. The summed E-state index contributed by atoms with van der Waals surface area (Å²) in [5.41, 5.74) is 0. The average molecular weight is 241 g/mol. The molecule has 0 radical (unpaired) electrons. The van der Waals surface area contributed by atoms with Gasteiger partial charge in [-0.15, -0.1) is 0 Å². The second kappa shape index (κ2) is 7.40. The summed E-state index contributed by atoms with van der Waals surface area (Å²) in [6.07, 6.45) is 1.01. The molecule has 1 aromatic rings. The number of rotatable bonds is 8. The van der Waals surface area contributed by atoms with Crippen molar-refractivity contribution in [1.29, 1.82) is 0 Å². The van der Waals surface area contributed by atoms with Gasteiger partial charge in [-0.2, -0.15) is 4.98 Å². The summed E-state index contributed by atoms with van der Waals surface area (Å²) in [4.78, 5) is 4.36. The Balaban J connectivity index is 2.58. The number of nitrogens with one attached hydrogen (secondary N) is 1. The lowest BCUT2D eigenvalue weighted by Crippen LogP contribution is -2.15. The summed E-state index contributed by atoms with van der Waals surface area (Å²) >= 11 is 0. The Kier molecular flexibility index (Phi) is 6.15. The second-order valence-corrected chi connectivity index (χ2v) is 4.34. The van der Waals surface area contributed by atoms with Crippen LogP contribution >= 0.6 is 0 Å². The number of hydrogen-bond acceptors (Lipinski definition) is 5. The van der Waals surface area contributed by atoms with Gasteiger partial charge in [-0.1, -0.05) is 25.9 Å². The van der Waals surface area contributed by atoms with E-state index in [-0.39, 0.29) is 6.10 Å². The third-order valence-corrected chi connectivity index (χ3v) is 2.39. The molecule has 0 fully saturated rings. The fourth-order valence-corrected chi connectivity index (χ4v) is 1.57. The van der Waals surface area contributed by atoms with Gasteiger partial charge in [0, 0.05) is 6.61 Å². The molecule has 1 rings (SSSR count). The summed E-state index contributed by atoms with van der Waals surface area (Å²) in [6.45, 7) is 10.5. The van der Waals surface area contributed by atoms with Crippen molar-refractivity contribution in [3.05, 3.63) is 11.7 Å². The van der Waals surface area contributed by atoms with Gasteiger partial charge in [0.15, 0.2) is 0 Å². The fraction of sp³-hybridized carbons (Fsp3) is 0.833. The predicted octanol–water partition coefficient (Wildman–Crippen LogP) is 2.30. The zero-order valence-corrected chi connectivity index (χ0v) is 11.2. The first-order valence-electron chi connectivity index (χ1n) is 6.33. The highest BCUT2D eigenvalue weighted by Gasteiger charge is 2.21. The summed E-state index contributed by atoms with van der Waals surface area (Å²) in [7, 11) is 0. The van der Waals surface area contributed by atoms with Crippen LogP contribution in [0, 0.1) is 5.92 Å². The molecule has 1 aromatic heterocycles. The molecular weight excluding hydrogens is 218 g/mol. The number of nitrogens with zero attached hydrogens (tertiary/aromatic N) is 2. The summed E-state index contributed by atoms with van der Waals surface area (Å²) in [6, 6.07) is 0. The first-order chi connectivity index (χ1) is 8.19. The van der Waals surface area contributed by atoms with E-state index in [1.807, 2.05) is 6.92 Å². The van der Waals surface area contributed by atoms with Crippen molar-refractivity contribution in [2.24, 2.45) is 5.92 Å². The molecule has 1 heterocycles. The van der Waals surface area contributed by atoms with Crippen LogP contribution in [-0.4, -0.2) is 23.3 Å². The summed E-state index contributed by atoms with van der Waals surface area (Å²) < 4.78 is 10.8. The second-order valence-electron chi connectivity index (χ2n) is 4.34. The monoisotopic (exact) mass is 241 g/mol. The van der Waals surface area contributed by atoms with E-state index < -0.39 is 0 Å². The Morgan fingerprint density at radius 1 is 1.35 bits per heavy atom. The number of hydrogen-bond donors (Lipinski definition) is 1. The Bertz CT molecular complexity index is 312. The fourth-order valence-electron chi connectivity index (χ4n) is 1.57. The lowest BCUT2D eigenvalue weighted by atomic mass is 10.1. The van der Waals surface area contributed by atoms with Crippen LogP contribution in [0.1, 0.15) is 51.9 Å². The minimum Gasteiger partial charge on any atom is -0.370 e. The molecule has 5 nitrogen and oxygen atoms in total. The van der Waals surface area contributed by atoms with Crippen LogP contribution in [0.25, 0.3) is 0 Å². The molecule has 0 spiro atoms. The van der Waals surface area contributed by atoms with E-state index in [1.54, 1.807) is 0 Å². The molecule has 5 heteroatoms. The van der Waals surface area contributed by atoms with Gasteiger partial charge in [0.25, 0.3) is 0 Å². The van der Waals surface area contributed by atoms with Crippen LogP contribution in [0.4, 0.5) is 0 Å². The van der Waals surface area contributed by atoms with Crippen LogP contribution in [-0.2, 0) is 11.3 Å². The third-order valence-electron chi connectivity index (χ3n) is 2.39. The summed E-state index contributed by atoms with van der Waals surface area (Å²) in [5.74, 6) is 1.61. The van der Waals surface area contributed by atoms with Gasteiger partial charge in [0.2, 0.25) is 11.7 Å². The van der Waals surface area contributed by atoms with Crippen LogP contribution in [0.3, 0.4) is 0 Å². The molecular formula is C12H23N3O2. The molecule has 0 aliphatic carbocycles. The predicted molar refractivity (Wildman–Crippen MR) is 65.5 cm³/mol. The van der Waals surface area contributed by atoms with Crippen molar-refractivity contribution >= 4 is 0 Å². The quantitative estimate of drug-likeness (QED) is 0.708. The molecule has 1 atom stereocenters. The Morgan fingerprint density at radius 3 is 2.71 bits per heavy atom. The third kappa shape index (κ3) is 4.44. The molecule has 0 amide bonds. The number of ether oxygens (including phenoxy) is 1. The van der Waals surface area contributed by atoms with Gasteiger partial charge in [0.05, 0.1) is 6.54 Å². The van der Waals surface area contributed by atoms with Crippen molar-refractivity contribution in [3.8, 4) is 0 Å². The highest BCUT2D eigenvalue weighted by atomic mass is 16.5. The highest BCUT2D eigenvalue weighted by molar-refractivity contribution is 4.92. The first kappa shape index (κ1) is 14.1. The minimum atomic E-state index is -0.0799. The van der Waals surface area contributed by atoms with E-state index in [9.17, 15) is 0 Å². The zero-order chi connectivity index (χ0) is 12.7. The van der Waals surface area contributed by atoms with Gasteiger partial charge < -0.3 is 14.6 Å². The van der Waals surface area contributed by atoms with Gasteiger partial charge in [-0.3, -0.25) is 0 Å². The normalized spacial score (nSPS) is 13.2. The maximum Gasteiger partial charge on any atom is 0.240 e. The van der Waals surface area contributed by atoms with Crippen molar-refractivity contribution in [3.63, 3.8) is 0 Å². The van der Waals surface area contributed by atoms with Crippen molar-refractivity contribution < 1.29 is 9.26 Å². The van der Waals surface area contributed by atoms with Crippen molar-refractivity contribution in [1.82, 2.24) is 15.5 Å². The maximum atomic E-state index is 5.62. The highest BCUT2D eigenvalue weighted by Crippen LogP contribution is 2.22. The van der Waals surface area contributed by atoms with Crippen molar-refractivity contribution in [2.75, 3.05) is 13.2 Å². The van der Waals surface area contributed by atoms with Crippen LogP contribution in [0.15, 0.2) is 4.52 Å². The Morgan fingerprint density at radius 2 is 2.12 bits per heavy atom. The van der Waals surface area contributed by atoms with Crippen LogP contribution in [0.2, 0.25) is 0 Å². The van der Waals surface area contributed by atoms with Crippen molar-refractivity contribution in [2.45, 2.75) is 46.8 Å². The molecule has 17 heavy (non-hydrogen) atoms. The molecule has 0 aliphatic heterocycles. The van der Waals surface area contributed by atoms with E-state index in [1.165, 1.54) is 0 Å². The van der Waals surface area contributed by atoms with E-state index in [0.29, 0.717) is 30.8 Å². The topological polar surface area (TPSA) is 60.2 Å². The van der Waals surface area contributed by atoms with Gasteiger partial charge in [0.1, 0.15) is 6.10 Å². The van der Waals surface area contributed by atoms with E-state index in [0.717, 1.165) is 13.0 Å². The van der Waals surface area contributed by atoms with Crippen LogP contribution < -0.4 is 5.32 Å². The lowest BCUT2D eigenvalue weighted by Gasteiger charge is -2.16. The first-order valence-corrected chi connectivity index (χ1v) is 6.33. The largest absolute Gasteiger partial charge is 0.370 e. The average Bonchev–Trinajstić information content (AvgIpc) is 2.74. The smallest absolute Gasteiger partial charge is 0.240 e. The van der Waals surface area contributed by atoms with Gasteiger partial charge >= 0.3 is 0 Å². The molecule has 0 bridgehead atoms. The van der Waals surface area contributed by atoms with E-state index >= 15 is 0 Å². The number of aromatic nitrogens is 2. The molecule has 0 saturated heterocycles. The lowest BCUT2D eigenvalue weighted by molar-refractivity contribution is 0.0217. The molecule has 0 aliphatic rings. The molecule has 0 aromatic carbocycles. The molecule has 1 N–H and O–H groups in total. The minimum absolute atomic E-state index is 0.0799. The van der Waals surface area contributed by atoms with Crippen LogP contribution in [0.5, 0.6) is 0 Å². The Hall–Kier alpha value is -0.940. The molecule has 1 unspecified atom stereocenters. The SMILES string of the molecule is CCCNCc1nc(C(OCC)C(C)C)no1. The maximum absolute atomic E-state index is 5.62. The van der Waals surface area contributed by atoms with E-state index in [4.69, 9.17) is 9.26 Å². The molecule has 98 valence electrons. The standard InChI is InChI=1S/C12H23N3O2/c1-5-7-13-8-10-14-12(15-17-10)11(9(3)4)16-6-2/h9,11,13H,5-8H2,1-4H3. The Labute approximate surface area is 103 Å². The molecule has 0 saturated carbocycles. The van der Waals surface area contributed by atoms with E-state index in [2.05, 4.69) is 36.2 Å². The van der Waals surface area contributed by atoms with Gasteiger partial charge in [-0.25, -0.2) is 0 Å². The summed E-state index contributed by atoms with van der Waals surface area (Å²) in [5, 5.41) is 7.21. The van der Waals surface area contributed by atoms with Gasteiger partial charge in [-0.05, 0) is 25.8 Å².